The van der Waals surface area contributed by atoms with E-state index in [2.05, 4.69) is 36.2 Å². The van der Waals surface area contributed by atoms with Crippen LogP contribution >= 0.6 is 0 Å². The maximum absolute atomic E-state index is 12.7. The molecule has 1 unspecified atom stereocenters. The average molecular weight is 324 g/mol. The first-order chi connectivity index (χ1) is 11.5. The molecular weight excluding hydrogens is 304 g/mol. The predicted octanol–water partition coefficient (Wildman–Crippen LogP) is 2.94. The van der Waals surface area contributed by atoms with E-state index in [-0.39, 0.29) is 23.2 Å². The Morgan fingerprint density at radius 2 is 2.00 bits per heavy atom. The van der Waals surface area contributed by atoms with Crippen molar-refractivity contribution in [2.24, 2.45) is 0 Å². The summed E-state index contributed by atoms with van der Waals surface area (Å²) < 4.78 is 0. The van der Waals surface area contributed by atoms with Crippen molar-refractivity contribution in [1.82, 2.24) is 9.88 Å². The number of carboxylic acids is 1. The van der Waals surface area contributed by atoms with Crippen molar-refractivity contribution in [2.45, 2.75) is 32.2 Å². The number of pyridine rings is 1. The zero-order valence-corrected chi connectivity index (χ0v) is 13.6. The molecular formula is C19H20N2O3. The molecule has 2 aromatic rings. The third-order valence-corrected chi connectivity index (χ3v) is 4.46. The summed E-state index contributed by atoms with van der Waals surface area (Å²) in [5.74, 6) is -1.24. The Morgan fingerprint density at radius 1 is 1.25 bits per heavy atom. The SMILES string of the molecule is Cc1ccc(CC2CCCN2C(=O)c2cc(C(=O)O)ccn2)cc1. The molecule has 1 aromatic heterocycles. The number of carbonyl (C=O) groups excluding carboxylic acids is 1. The van der Waals surface area contributed by atoms with Crippen LogP contribution in [0.15, 0.2) is 42.6 Å². The van der Waals surface area contributed by atoms with Gasteiger partial charge >= 0.3 is 5.97 Å². The molecule has 1 amide bonds. The molecule has 1 fully saturated rings. The molecule has 0 saturated carbocycles. The molecule has 1 aliphatic rings. The van der Waals surface area contributed by atoms with Crippen LogP contribution in [-0.2, 0) is 6.42 Å². The van der Waals surface area contributed by atoms with Crippen LogP contribution in [0.1, 0.15) is 44.8 Å². The van der Waals surface area contributed by atoms with Gasteiger partial charge < -0.3 is 10.0 Å². The van der Waals surface area contributed by atoms with Gasteiger partial charge in [-0.3, -0.25) is 9.78 Å². The van der Waals surface area contributed by atoms with Gasteiger partial charge in [-0.25, -0.2) is 4.79 Å². The number of amides is 1. The van der Waals surface area contributed by atoms with E-state index in [1.807, 2.05) is 4.90 Å². The topological polar surface area (TPSA) is 70.5 Å². The van der Waals surface area contributed by atoms with Crippen molar-refractivity contribution >= 4 is 11.9 Å². The van der Waals surface area contributed by atoms with Crippen molar-refractivity contribution in [3.63, 3.8) is 0 Å². The molecule has 1 aromatic carbocycles. The minimum absolute atomic E-state index is 0.0858. The van der Waals surface area contributed by atoms with Crippen molar-refractivity contribution in [3.05, 3.63) is 65.0 Å². The van der Waals surface area contributed by atoms with E-state index in [1.54, 1.807) is 0 Å². The zero-order valence-electron chi connectivity index (χ0n) is 13.6. The fourth-order valence-corrected chi connectivity index (χ4v) is 3.14. The van der Waals surface area contributed by atoms with Crippen LogP contribution in [-0.4, -0.2) is 39.5 Å². The first-order valence-electron chi connectivity index (χ1n) is 8.10. The number of carbonyl (C=O) groups is 2. The van der Waals surface area contributed by atoms with Crippen molar-refractivity contribution in [2.75, 3.05) is 6.54 Å². The molecule has 0 spiro atoms. The largest absolute Gasteiger partial charge is 0.478 e. The summed E-state index contributed by atoms with van der Waals surface area (Å²) in [7, 11) is 0. The number of aromatic carboxylic acids is 1. The first kappa shape index (κ1) is 16.2. The van der Waals surface area contributed by atoms with Crippen LogP contribution in [0, 0.1) is 6.92 Å². The number of hydrogen-bond donors (Lipinski definition) is 1. The third kappa shape index (κ3) is 3.45. The lowest BCUT2D eigenvalue weighted by atomic mass is 10.0. The lowest BCUT2D eigenvalue weighted by Crippen LogP contribution is -2.37. The Labute approximate surface area is 140 Å². The van der Waals surface area contributed by atoms with E-state index in [0.717, 1.165) is 19.3 Å². The summed E-state index contributed by atoms with van der Waals surface area (Å²) in [4.78, 5) is 29.7. The standard InChI is InChI=1S/C19H20N2O3/c1-13-4-6-14(7-5-13)11-16-3-2-10-21(16)18(22)17-12-15(19(23)24)8-9-20-17/h4-9,12,16H,2-3,10-11H2,1H3,(H,23,24). The summed E-state index contributed by atoms with van der Waals surface area (Å²) in [5, 5.41) is 9.07. The Balaban J connectivity index is 1.77. The quantitative estimate of drug-likeness (QED) is 0.938. The van der Waals surface area contributed by atoms with Crippen LogP contribution in [0.2, 0.25) is 0 Å². The van der Waals surface area contributed by atoms with Crippen LogP contribution < -0.4 is 0 Å². The molecule has 1 atom stereocenters. The second kappa shape index (κ2) is 6.83. The second-order valence-corrected chi connectivity index (χ2v) is 6.22. The highest BCUT2D eigenvalue weighted by molar-refractivity contribution is 5.96. The fourth-order valence-electron chi connectivity index (χ4n) is 3.14. The van der Waals surface area contributed by atoms with E-state index in [9.17, 15) is 9.59 Å². The van der Waals surface area contributed by atoms with Gasteiger partial charge in [-0.15, -0.1) is 0 Å². The number of rotatable bonds is 4. The van der Waals surface area contributed by atoms with Gasteiger partial charge in [0.15, 0.2) is 0 Å². The number of likely N-dealkylation sites (tertiary alicyclic amines) is 1. The van der Waals surface area contributed by atoms with E-state index in [0.29, 0.717) is 6.54 Å². The number of hydrogen-bond acceptors (Lipinski definition) is 3. The van der Waals surface area contributed by atoms with Crippen LogP contribution in [0.4, 0.5) is 0 Å². The molecule has 1 aliphatic heterocycles. The number of aromatic nitrogens is 1. The zero-order chi connectivity index (χ0) is 17.1. The summed E-state index contributed by atoms with van der Waals surface area (Å²) >= 11 is 0. The lowest BCUT2D eigenvalue weighted by molar-refractivity contribution is 0.0696. The molecule has 0 aliphatic carbocycles. The molecule has 5 heteroatoms. The molecule has 0 radical (unpaired) electrons. The minimum atomic E-state index is -1.05. The van der Waals surface area contributed by atoms with E-state index in [1.165, 1.54) is 29.5 Å². The van der Waals surface area contributed by atoms with Crippen molar-refractivity contribution in [1.29, 1.82) is 0 Å². The van der Waals surface area contributed by atoms with Gasteiger partial charge in [0.25, 0.3) is 5.91 Å². The molecule has 1 N–H and O–H groups in total. The van der Waals surface area contributed by atoms with Gasteiger partial charge in [-0.1, -0.05) is 29.8 Å². The Bertz CT molecular complexity index is 755. The maximum atomic E-state index is 12.7. The Kier molecular flexibility index (Phi) is 4.60. The number of carboxylic acid groups (broad SMARTS) is 1. The highest BCUT2D eigenvalue weighted by Gasteiger charge is 2.30. The molecule has 1 saturated heterocycles. The normalized spacial score (nSPS) is 17.0. The third-order valence-electron chi connectivity index (χ3n) is 4.46. The fraction of sp³-hybridized carbons (Fsp3) is 0.316. The highest BCUT2D eigenvalue weighted by Crippen LogP contribution is 2.23. The molecule has 124 valence electrons. The summed E-state index contributed by atoms with van der Waals surface area (Å²) in [5.41, 5.74) is 2.71. The summed E-state index contributed by atoms with van der Waals surface area (Å²) in [6, 6.07) is 11.2. The van der Waals surface area contributed by atoms with Gasteiger partial charge in [0.2, 0.25) is 0 Å². The smallest absolute Gasteiger partial charge is 0.335 e. The van der Waals surface area contributed by atoms with Crippen LogP contribution in [0.3, 0.4) is 0 Å². The van der Waals surface area contributed by atoms with Crippen LogP contribution in [0.5, 0.6) is 0 Å². The average Bonchev–Trinajstić information content (AvgIpc) is 3.04. The van der Waals surface area contributed by atoms with Gasteiger partial charge in [0.1, 0.15) is 5.69 Å². The van der Waals surface area contributed by atoms with Crippen molar-refractivity contribution in [3.8, 4) is 0 Å². The van der Waals surface area contributed by atoms with E-state index < -0.39 is 5.97 Å². The molecule has 0 bridgehead atoms. The number of aryl methyl sites for hydroxylation is 1. The summed E-state index contributed by atoms with van der Waals surface area (Å²) in [6.45, 7) is 2.74. The highest BCUT2D eigenvalue weighted by atomic mass is 16.4. The van der Waals surface area contributed by atoms with Crippen LogP contribution in [0.25, 0.3) is 0 Å². The van der Waals surface area contributed by atoms with Gasteiger partial charge in [-0.2, -0.15) is 0 Å². The van der Waals surface area contributed by atoms with E-state index in [4.69, 9.17) is 5.11 Å². The molecule has 5 nitrogen and oxygen atoms in total. The Hall–Kier alpha value is -2.69. The Morgan fingerprint density at radius 3 is 2.71 bits per heavy atom. The van der Waals surface area contributed by atoms with Crippen molar-refractivity contribution < 1.29 is 14.7 Å². The summed E-state index contributed by atoms with van der Waals surface area (Å²) in [6.07, 6.45) is 4.10. The van der Waals surface area contributed by atoms with Gasteiger partial charge in [0, 0.05) is 18.8 Å². The number of nitrogens with zero attached hydrogens (tertiary/aromatic N) is 2. The maximum Gasteiger partial charge on any atom is 0.335 e. The predicted molar refractivity (Wildman–Crippen MR) is 90.1 cm³/mol. The van der Waals surface area contributed by atoms with Gasteiger partial charge in [-0.05, 0) is 43.9 Å². The minimum Gasteiger partial charge on any atom is -0.478 e. The van der Waals surface area contributed by atoms with Gasteiger partial charge in [0.05, 0.1) is 5.56 Å². The molecule has 2 heterocycles. The number of benzene rings is 1. The first-order valence-corrected chi connectivity index (χ1v) is 8.10. The molecule has 24 heavy (non-hydrogen) atoms. The van der Waals surface area contributed by atoms with E-state index >= 15 is 0 Å². The monoisotopic (exact) mass is 324 g/mol. The molecule has 3 rings (SSSR count). The lowest BCUT2D eigenvalue weighted by Gasteiger charge is -2.24. The second-order valence-electron chi connectivity index (χ2n) is 6.22.